The molecule has 0 radical (unpaired) electrons. The minimum absolute atomic E-state index is 0.0405. The van der Waals surface area contributed by atoms with Gasteiger partial charge in [0.15, 0.2) is 0 Å². The van der Waals surface area contributed by atoms with Gasteiger partial charge in [-0.25, -0.2) is 17.5 Å². The Balaban J connectivity index is 2.02. The number of nitrogens with zero attached hydrogens (tertiary/aromatic N) is 2. The van der Waals surface area contributed by atoms with Crippen molar-refractivity contribution in [3.63, 3.8) is 0 Å². The average molecular weight is 553 g/mol. The van der Waals surface area contributed by atoms with E-state index in [1.54, 1.807) is 27.0 Å². The molecule has 1 heterocycles. The van der Waals surface area contributed by atoms with E-state index >= 15 is 0 Å². The first-order chi connectivity index (χ1) is 17.4. The fourth-order valence-electron chi connectivity index (χ4n) is 3.95. The second-order valence-corrected chi connectivity index (χ2v) is 12.4. The number of hydrogen-bond donors (Lipinski definition) is 1. The highest BCUT2D eigenvalue weighted by atomic mass is 35.5. The van der Waals surface area contributed by atoms with Gasteiger partial charge in [0.05, 0.1) is 4.90 Å². The van der Waals surface area contributed by atoms with Gasteiger partial charge in [0, 0.05) is 30.4 Å². The first kappa shape index (κ1) is 30.6. The summed E-state index contributed by atoms with van der Waals surface area (Å²) in [5.74, 6) is -0.641. The third kappa shape index (κ3) is 11.1. The molecule has 10 heteroatoms. The zero-order valence-corrected chi connectivity index (χ0v) is 23.3. The van der Waals surface area contributed by atoms with E-state index in [1.165, 1.54) is 24.3 Å². The third-order valence-electron chi connectivity index (χ3n) is 5.79. The van der Waals surface area contributed by atoms with Crippen LogP contribution in [0.1, 0.15) is 71.3 Å². The largest absolute Gasteiger partial charge is 0.481 e. The Hall–Kier alpha value is -2.65. The molecule has 1 aromatic heterocycles. The van der Waals surface area contributed by atoms with Gasteiger partial charge in [0.1, 0.15) is 5.60 Å². The van der Waals surface area contributed by atoms with E-state index in [0.29, 0.717) is 24.3 Å². The summed E-state index contributed by atoms with van der Waals surface area (Å²) in [4.78, 5) is 28.1. The van der Waals surface area contributed by atoms with E-state index in [2.05, 4.69) is 4.98 Å². The van der Waals surface area contributed by atoms with Crippen LogP contribution in [0.15, 0.2) is 53.7 Å². The maximum Gasteiger partial charge on any atom is 0.424 e. The number of aromatic nitrogens is 1. The maximum atomic E-state index is 13.3. The van der Waals surface area contributed by atoms with Crippen molar-refractivity contribution in [2.45, 2.75) is 82.6 Å². The number of ether oxygens (including phenoxy) is 1. The molecule has 1 amide bonds. The van der Waals surface area contributed by atoms with Gasteiger partial charge >= 0.3 is 12.1 Å². The number of carboxylic acids is 1. The average Bonchev–Trinajstić information content (AvgIpc) is 2.81. The van der Waals surface area contributed by atoms with Crippen molar-refractivity contribution in [2.24, 2.45) is 5.92 Å². The summed E-state index contributed by atoms with van der Waals surface area (Å²) in [6.45, 7) is 4.99. The molecule has 8 nitrogen and oxygen atoms in total. The molecule has 0 aliphatic heterocycles. The SMILES string of the molecule is CC(C)(C)OC(=O)N(CCCC[C@@H](CCCc1cccnc1)CCC(=O)O)S(=O)(=O)c1ccc(Cl)cc1. The van der Waals surface area contributed by atoms with E-state index in [0.717, 1.165) is 35.6 Å². The van der Waals surface area contributed by atoms with Crippen molar-refractivity contribution in [3.05, 3.63) is 59.4 Å². The second kappa shape index (κ2) is 14.3. The van der Waals surface area contributed by atoms with E-state index in [1.807, 2.05) is 18.3 Å². The Bertz CT molecular complexity index is 1100. The zero-order valence-electron chi connectivity index (χ0n) is 21.7. The number of carboxylic acid groups (broad SMARTS) is 1. The summed E-state index contributed by atoms with van der Waals surface area (Å²) in [6.07, 6.45) is 7.73. The normalized spacial score (nSPS) is 12.6. The molecule has 204 valence electrons. The Morgan fingerprint density at radius 1 is 1.05 bits per heavy atom. The van der Waals surface area contributed by atoms with Crippen LogP contribution in [0, 0.1) is 5.92 Å². The Labute approximate surface area is 225 Å². The van der Waals surface area contributed by atoms with Crippen LogP contribution in [-0.2, 0) is 26.0 Å². The minimum Gasteiger partial charge on any atom is -0.481 e. The fourth-order valence-corrected chi connectivity index (χ4v) is 5.41. The predicted molar refractivity (Wildman–Crippen MR) is 143 cm³/mol. The number of amides is 1. The van der Waals surface area contributed by atoms with Crippen molar-refractivity contribution in [2.75, 3.05) is 6.54 Å². The highest BCUT2D eigenvalue weighted by molar-refractivity contribution is 7.89. The number of aryl methyl sites for hydroxylation is 1. The Kier molecular flexibility index (Phi) is 11.8. The van der Waals surface area contributed by atoms with Crippen molar-refractivity contribution < 1.29 is 27.9 Å². The van der Waals surface area contributed by atoms with Gasteiger partial charge in [0.2, 0.25) is 0 Å². The lowest BCUT2D eigenvalue weighted by atomic mass is 9.91. The smallest absolute Gasteiger partial charge is 0.424 e. The number of sulfonamides is 1. The highest BCUT2D eigenvalue weighted by Gasteiger charge is 2.32. The van der Waals surface area contributed by atoms with Gasteiger partial charge in [-0.1, -0.05) is 36.9 Å². The van der Waals surface area contributed by atoms with Gasteiger partial charge in [-0.15, -0.1) is 0 Å². The molecule has 2 aromatic rings. The van der Waals surface area contributed by atoms with Crippen molar-refractivity contribution in [3.8, 4) is 0 Å². The molecular weight excluding hydrogens is 516 g/mol. The van der Waals surface area contributed by atoms with Gasteiger partial charge in [-0.05, 0) is 88.3 Å². The molecule has 0 aliphatic carbocycles. The molecule has 1 aromatic carbocycles. The number of carbonyl (C=O) groups is 2. The van der Waals surface area contributed by atoms with Gasteiger partial charge in [-0.2, -0.15) is 0 Å². The van der Waals surface area contributed by atoms with Gasteiger partial charge < -0.3 is 9.84 Å². The summed E-state index contributed by atoms with van der Waals surface area (Å²) in [6, 6.07) is 9.55. The quantitative estimate of drug-likeness (QED) is 0.272. The lowest BCUT2D eigenvalue weighted by molar-refractivity contribution is -0.137. The highest BCUT2D eigenvalue weighted by Crippen LogP contribution is 2.25. The molecule has 37 heavy (non-hydrogen) atoms. The molecule has 0 saturated carbocycles. The summed E-state index contributed by atoms with van der Waals surface area (Å²) < 4.78 is 32.7. The standard InChI is InChI=1S/C27H37ClN2O6S/c1-27(2,3)36-26(33)30(37(34,35)24-15-13-23(28)14-16-24)19-5-4-8-21(12-17-25(31)32)9-6-10-22-11-7-18-29-20-22/h7,11,13-16,18,20-21H,4-6,8-10,12,17,19H2,1-3H3,(H,31,32)/t21-/m0/s1. The Morgan fingerprint density at radius 3 is 2.32 bits per heavy atom. The van der Waals surface area contributed by atoms with Crippen LogP contribution < -0.4 is 0 Å². The van der Waals surface area contributed by atoms with E-state index < -0.39 is 27.7 Å². The minimum atomic E-state index is -4.14. The second-order valence-electron chi connectivity index (χ2n) is 10.1. The number of rotatable bonds is 14. The Morgan fingerprint density at radius 2 is 1.73 bits per heavy atom. The van der Waals surface area contributed by atoms with Crippen molar-refractivity contribution in [1.82, 2.24) is 9.29 Å². The monoisotopic (exact) mass is 552 g/mol. The lowest BCUT2D eigenvalue weighted by Crippen LogP contribution is -2.41. The zero-order chi connectivity index (χ0) is 27.5. The number of benzene rings is 1. The maximum absolute atomic E-state index is 13.3. The van der Waals surface area contributed by atoms with Crippen molar-refractivity contribution in [1.29, 1.82) is 0 Å². The van der Waals surface area contributed by atoms with Gasteiger partial charge in [0.25, 0.3) is 10.0 Å². The van der Waals surface area contributed by atoms with Crippen molar-refractivity contribution >= 4 is 33.7 Å². The number of carbonyl (C=O) groups excluding carboxylic acids is 1. The van der Waals surface area contributed by atoms with Crippen LogP contribution in [-0.4, -0.2) is 47.0 Å². The summed E-state index contributed by atoms with van der Waals surface area (Å²) >= 11 is 5.90. The molecule has 0 saturated heterocycles. The molecule has 0 bridgehead atoms. The van der Waals surface area contributed by atoms with Crippen LogP contribution in [0.3, 0.4) is 0 Å². The molecule has 2 rings (SSSR count). The molecule has 0 aliphatic rings. The molecule has 1 N–H and O–H groups in total. The van der Waals surface area contributed by atoms with Crippen LogP contribution >= 0.6 is 11.6 Å². The first-order valence-electron chi connectivity index (χ1n) is 12.5. The van der Waals surface area contributed by atoms with E-state index in [-0.39, 0.29) is 23.8 Å². The predicted octanol–water partition coefficient (Wildman–Crippen LogP) is 6.34. The number of pyridine rings is 1. The van der Waals surface area contributed by atoms with Crippen LogP contribution in [0.2, 0.25) is 5.02 Å². The number of hydrogen-bond acceptors (Lipinski definition) is 6. The summed E-state index contributed by atoms with van der Waals surface area (Å²) in [7, 11) is -4.14. The molecule has 0 spiro atoms. The topological polar surface area (TPSA) is 114 Å². The molecular formula is C27H37ClN2O6S. The van der Waals surface area contributed by atoms with Crippen LogP contribution in [0.4, 0.5) is 4.79 Å². The third-order valence-corrected chi connectivity index (χ3v) is 7.82. The van der Waals surface area contributed by atoms with Crippen LogP contribution in [0.5, 0.6) is 0 Å². The molecule has 0 unspecified atom stereocenters. The number of halogens is 1. The fraction of sp³-hybridized carbons (Fsp3) is 0.519. The first-order valence-corrected chi connectivity index (χ1v) is 14.3. The van der Waals surface area contributed by atoms with E-state index in [9.17, 15) is 18.0 Å². The van der Waals surface area contributed by atoms with Gasteiger partial charge in [-0.3, -0.25) is 9.78 Å². The lowest BCUT2D eigenvalue weighted by Gasteiger charge is -2.27. The molecule has 0 fully saturated rings. The van der Waals surface area contributed by atoms with E-state index in [4.69, 9.17) is 21.4 Å². The summed E-state index contributed by atoms with van der Waals surface area (Å²) in [5.41, 5.74) is 0.279. The summed E-state index contributed by atoms with van der Waals surface area (Å²) in [5, 5.41) is 9.53. The number of aliphatic carboxylic acids is 1. The number of unbranched alkanes of at least 4 members (excludes halogenated alkanes) is 1. The van der Waals surface area contributed by atoms with Crippen LogP contribution in [0.25, 0.3) is 0 Å². The molecule has 1 atom stereocenters.